The van der Waals surface area contributed by atoms with E-state index in [9.17, 15) is 9.59 Å². The normalized spacial score (nSPS) is 17.4. The van der Waals surface area contributed by atoms with Crippen molar-refractivity contribution in [2.45, 2.75) is 25.8 Å². The minimum atomic E-state index is -0.228. The van der Waals surface area contributed by atoms with Crippen LogP contribution in [0.2, 0.25) is 0 Å². The smallest absolute Gasteiger partial charge is 0.323 e. The highest BCUT2D eigenvalue weighted by Gasteiger charge is 2.24. The maximum absolute atomic E-state index is 12.4. The lowest BCUT2D eigenvalue weighted by molar-refractivity contribution is -0.119. The molecule has 0 bridgehead atoms. The highest BCUT2D eigenvalue weighted by atomic mass is 32.1. The van der Waals surface area contributed by atoms with Crippen molar-refractivity contribution in [3.63, 3.8) is 0 Å². The molecule has 0 aromatic carbocycles. The van der Waals surface area contributed by atoms with Crippen molar-refractivity contribution in [3.05, 3.63) is 24.4 Å². The summed E-state index contributed by atoms with van der Waals surface area (Å²) in [6.45, 7) is 2.64. The quantitative estimate of drug-likeness (QED) is 0.881. The van der Waals surface area contributed by atoms with Crippen LogP contribution in [0.5, 0.6) is 0 Å². The molecule has 0 unspecified atom stereocenters. The summed E-state index contributed by atoms with van der Waals surface area (Å²) in [6, 6.07) is 5.32. The number of amides is 3. The number of aromatic nitrogens is 3. The van der Waals surface area contributed by atoms with Crippen LogP contribution in [0.3, 0.4) is 0 Å². The number of hydrogen-bond donors (Lipinski definition) is 2. The van der Waals surface area contributed by atoms with Gasteiger partial charge in [0.25, 0.3) is 0 Å². The molecule has 2 N–H and O–H groups in total. The highest BCUT2D eigenvalue weighted by molar-refractivity contribution is 7.18. The largest absolute Gasteiger partial charge is 0.352 e. The van der Waals surface area contributed by atoms with Crippen molar-refractivity contribution in [3.8, 4) is 10.7 Å². The molecule has 0 saturated carbocycles. The molecule has 3 heterocycles. The van der Waals surface area contributed by atoms with E-state index in [-0.39, 0.29) is 18.0 Å². The summed E-state index contributed by atoms with van der Waals surface area (Å²) in [5, 5.41) is 14.8. The van der Waals surface area contributed by atoms with Crippen LogP contribution in [0, 0.1) is 0 Å². The Hall–Kier alpha value is -2.55. The van der Waals surface area contributed by atoms with E-state index < -0.39 is 0 Å². The minimum Gasteiger partial charge on any atom is -0.352 e. The Morgan fingerprint density at radius 2 is 2.21 bits per heavy atom. The van der Waals surface area contributed by atoms with Gasteiger partial charge in [-0.3, -0.25) is 15.1 Å². The van der Waals surface area contributed by atoms with Crippen LogP contribution in [-0.2, 0) is 4.79 Å². The van der Waals surface area contributed by atoms with E-state index in [4.69, 9.17) is 0 Å². The Morgan fingerprint density at radius 1 is 1.33 bits per heavy atom. The summed E-state index contributed by atoms with van der Waals surface area (Å²) in [6.07, 6.45) is 3.42. The average molecular weight is 346 g/mol. The molecule has 0 aliphatic carbocycles. The second-order valence-corrected chi connectivity index (χ2v) is 6.52. The molecule has 0 spiro atoms. The van der Waals surface area contributed by atoms with E-state index in [1.807, 2.05) is 18.2 Å². The first-order valence-corrected chi connectivity index (χ1v) is 8.51. The highest BCUT2D eigenvalue weighted by Crippen LogP contribution is 2.24. The zero-order chi connectivity index (χ0) is 16.9. The monoisotopic (exact) mass is 346 g/mol. The topological polar surface area (TPSA) is 100 Å². The predicted molar refractivity (Wildman–Crippen MR) is 90.6 cm³/mol. The Labute approximate surface area is 143 Å². The Balaban J connectivity index is 1.61. The van der Waals surface area contributed by atoms with E-state index in [1.165, 1.54) is 18.3 Å². The standard InChI is InChI=1S/C15H18N6O2S/c1-10(22)17-11-5-4-8-21(9-11)15(23)18-14-20-19-13(24-14)12-6-2-3-7-16-12/h2-3,6-7,11H,4-5,8-9H2,1H3,(H,17,22)(H,18,20,23)/t11-/m1/s1. The van der Waals surface area contributed by atoms with Gasteiger partial charge in [-0.2, -0.15) is 0 Å². The molecule has 3 rings (SSSR count). The number of urea groups is 1. The first kappa shape index (κ1) is 16.3. The fraction of sp³-hybridized carbons (Fsp3) is 0.400. The first-order valence-electron chi connectivity index (χ1n) is 7.70. The van der Waals surface area contributed by atoms with Gasteiger partial charge < -0.3 is 10.2 Å². The molecule has 8 nitrogen and oxygen atoms in total. The second kappa shape index (κ2) is 7.35. The molecule has 2 aromatic heterocycles. The third-order valence-electron chi connectivity index (χ3n) is 3.64. The number of nitrogens with zero attached hydrogens (tertiary/aromatic N) is 4. The summed E-state index contributed by atoms with van der Waals surface area (Å²) >= 11 is 1.28. The van der Waals surface area contributed by atoms with Gasteiger partial charge in [-0.1, -0.05) is 17.4 Å². The van der Waals surface area contributed by atoms with Crippen molar-refractivity contribution in [2.24, 2.45) is 0 Å². The lowest BCUT2D eigenvalue weighted by Crippen LogP contribution is -2.50. The number of carbonyl (C=O) groups excluding carboxylic acids is 2. The number of anilines is 1. The van der Waals surface area contributed by atoms with Gasteiger partial charge in [-0.05, 0) is 25.0 Å². The molecular formula is C15H18N6O2S. The Kier molecular flexibility index (Phi) is 4.99. The van der Waals surface area contributed by atoms with Gasteiger partial charge in [0, 0.05) is 32.3 Å². The maximum Gasteiger partial charge on any atom is 0.323 e. The van der Waals surface area contributed by atoms with Gasteiger partial charge in [-0.15, -0.1) is 10.2 Å². The summed E-state index contributed by atoms with van der Waals surface area (Å²) in [5.74, 6) is -0.0774. The number of hydrogen-bond acceptors (Lipinski definition) is 6. The van der Waals surface area contributed by atoms with Crippen LogP contribution in [0.4, 0.5) is 9.93 Å². The second-order valence-electron chi connectivity index (χ2n) is 5.54. The van der Waals surface area contributed by atoms with Gasteiger partial charge in [-0.25, -0.2) is 4.79 Å². The summed E-state index contributed by atoms with van der Waals surface area (Å²) in [7, 11) is 0. The Morgan fingerprint density at radius 3 is 2.96 bits per heavy atom. The molecule has 0 radical (unpaired) electrons. The number of rotatable bonds is 3. The predicted octanol–water partition coefficient (Wildman–Crippen LogP) is 1.73. The SMILES string of the molecule is CC(=O)N[C@@H]1CCCN(C(=O)Nc2nnc(-c3ccccn3)s2)C1. The maximum atomic E-state index is 12.4. The van der Waals surface area contributed by atoms with Gasteiger partial charge in [0.2, 0.25) is 11.0 Å². The lowest BCUT2D eigenvalue weighted by atomic mass is 10.1. The van der Waals surface area contributed by atoms with Crippen molar-refractivity contribution in [1.82, 2.24) is 25.4 Å². The van der Waals surface area contributed by atoms with Crippen LogP contribution in [0.15, 0.2) is 24.4 Å². The number of carbonyl (C=O) groups is 2. The van der Waals surface area contributed by atoms with Crippen LogP contribution in [-0.4, -0.2) is 51.2 Å². The number of piperidine rings is 1. The molecule has 3 amide bonds. The number of pyridine rings is 1. The van der Waals surface area contributed by atoms with Gasteiger partial charge >= 0.3 is 6.03 Å². The van der Waals surface area contributed by atoms with Crippen molar-refractivity contribution in [1.29, 1.82) is 0 Å². The molecule has 1 fully saturated rings. The Bertz CT molecular complexity index is 720. The van der Waals surface area contributed by atoms with Crippen LogP contribution < -0.4 is 10.6 Å². The van der Waals surface area contributed by atoms with Crippen molar-refractivity contribution in [2.75, 3.05) is 18.4 Å². The van der Waals surface area contributed by atoms with E-state index in [2.05, 4.69) is 25.8 Å². The molecule has 1 saturated heterocycles. The number of nitrogens with one attached hydrogen (secondary N) is 2. The van der Waals surface area contributed by atoms with Crippen LogP contribution >= 0.6 is 11.3 Å². The average Bonchev–Trinajstić information content (AvgIpc) is 3.04. The lowest BCUT2D eigenvalue weighted by Gasteiger charge is -2.32. The van der Waals surface area contributed by atoms with E-state index >= 15 is 0 Å². The third kappa shape index (κ3) is 4.05. The zero-order valence-electron chi connectivity index (χ0n) is 13.2. The van der Waals surface area contributed by atoms with Crippen LogP contribution in [0.1, 0.15) is 19.8 Å². The van der Waals surface area contributed by atoms with E-state index in [1.54, 1.807) is 11.1 Å². The summed E-state index contributed by atoms with van der Waals surface area (Å²) < 4.78 is 0. The third-order valence-corrected chi connectivity index (χ3v) is 4.50. The fourth-order valence-electron chi connectivity index (χ4n) is 2.60. The molecule has 1 aliphatic rings. The van der Waals surface area contributed by atoms with Crippen molar-refractivity contribution >= 4 is 28.4 Å². The summed E-state index contributed by atoms with van der Waals surface area (Å²) in [5.41, 5.74) is 0.721. The van der Waals surface area contributed by atoms with E-state index in [0.717, 1.165) is 18.5 Å². The fourth-order valence-corrected chi connectivity index (χ4v) is 3.31. The van der Waals surface area contributed by atoms with Crippen molar-refractivity contribution < 1.29 is 9.59 Å². The minimum absolute atomic E-state index is 0.000463. The van der Waals surface area contributed by atoms with Gasteiger partial charge in [0.15, 0.2) is 5.01 Å². The molecule has 2 aromatic rings. The zero-order valence-corrected chi connectivity index (χ0v) is 14.0. The van der Waals surface area contributed by atoms with Gasteiger partial charge in [0.1, 0.15) is 5.69 Å². The summed E-state index contributed by atoms with van der Waals surface area (Å²) in [4.78, 5) is 29.4. The molecule has 1 aliphatic heterocycles. The molecule has 24 heavy (non-hydrogen) atoms. The number of likely N-dealkylation sites (tertiary alicyclic amines) is 1. The molecular weight excluding hydrogens is 328 g/mol. The molecule has 1 atom stereocenters. The molecule has 9 heteroatoms. The van der Waals surface area contributed by atoms with E-state index in [0.29, 0.717) is 23.2 Å². The van der Waals surface area contributed by atoms with Crippen LogP contribution in [0.25, 0.3) is 10.7 Å². The molecule has 126 valence electrons. The van der Waals surface area contributed by atoms with Gasteiger partial charge in [0.05, 0.1) is 0 Å². The first-order chi connectivity index (χ1) is 11.6.